The smallest absolute Gasteiger partial charge is 0.243 e. The van der Waals surface area contributed by atoms with Crippen molar-refractivity contribution in [2.45, 2.75) is 31.2 Å². The summed E-state index contributed by atoms with van der Waals surface area (Å²) in [5.74, 6) is 0. The van der Waals surface area contributed by atoms with Gasteiger partial charge >= 0.3 is 0 Å². The Morgan fingerprint density at radius 3 is 2.21 bits per heavy atom. The van der Waals surface area contributed by atoms with E-state index in [4.69, 9.17) is 0 Å². The van der Waals surface area contributed by atoms with Crippen LogP contribution in [0.15, 0.2) is 35.2 Å². The molecule has 1 aliphatic rings. The van der Waals surface area contributed by atoms with E-state index in [0.29, 0.717) is 24.0 Å². The van der Waals surface area contributed by atoms with E-state index in [-0.39, 0.29) is 0 Å². The van der Waals surface area contributed by atoms with Gasteiger partial charge in [0.2, 0.25) is 10.0 Å². The molecule has 4 nitrogen and oxygen atoms in total. The van der Waals surface area contributed by atoms with Crippen LogP contribution in [0.5, 0.6) is 0 Å². The lowest BCUT2D eigenvalue weighted by molar-refractivity contribution is 0.142. The standard InChI is InChI=1S/C14H22N2O2S/c1-3-13(2)15-9-11-16(12-10-15)19(17,18)14-7-5-4-6-8-14/h4-8,13H,3,9-12H2,1-2H3/t13-/m1/s1. The molecule has 0 aliphatic carbocycles. The Balaban J connectivity index is 2.06. The number of rotatable bonds is 4. The van der Waals surface area contributed by atoms with E-state index in [1.165, 1.54) is 0 Å². The Kier molecular flexibility index (Phi) is 4.60. The van der Waals surface area contributed by atoms with Crippen molar-refractivity contribution in [2.75, 3.05) is 26.2 Å². The first kappa shape index (κ1) is 14.5. The van der Waals surface area contributed by atoms with Crippen molar-refractivity contribution >= 4 is 10.0 Å². The maximum absolute atomic E-state index is 12.4. The highest BCUT2D eigenvalue weighted by Crippen LogP contribution is 2.18. The second-order valence-corrected chi connectivity index (χ2v) is 6.95. The first-order valence-corrected chi connectivity index (χ1v) is 8.29. The molecule has 0 spiro atoms. The summed E-state index contributed by atoms with van der Waals surface area (Å²) in [6.45, 7) is 7.17. The van der Waals surface area contributed by atoms with Crippen LogP contribution in [-0.4, -0.2) is 49.8 Å². The van der Waals surface area contributed by atoms with Crippen LogP contribution in [0.3, 0.4) is 0 Å². The van der Waals surface area contributed by atoms with Gasteiger partial charge < -0.3 is 0 Å². The highest BCUT2D eigenvalue weighted by molar-refractivity contribution is 7.89. The summed E-state index contributed by atoms with van der Waals surface area (Å²) in [4.78, 5) is 2.75. The van der Waals surface area contributed by atoms with Crippen molar-refractivity contribution < 1.29 is 8.42 Å². The molecule has 1 aromatic rings. The third-order valence-corrected chi connectivity index (χ3v) is 5.78. The molecule has 2 rings (SSSR count). The molecule has 0 aromatic heterocycles. The van der Waals surface area contributed by atoms with Gasteiger partial charge in [0.25, 0.3) is 0 Å². The van der Waals surface area contributed by atoms with Gasteiger partial charge in [-0.25, -0.2) is 8.42 Å². The van der Waals surface area contributed by atoms with Crippen molar-refractivity contribution in [2.24, 2.45) is 0 Å². The van der Waals surface area contributed by atoms with Crippen LogP contribution in [0, 0.1) is 0 Å². The molecular formula is C14H22N2O2S. The number of hydrogen-bond acceptors (Lipinski definition) is 3. The van der Waals surface area contributed by atoms with Gasteiger partial charge in [0.1, 0.15) is 0 Å². The van der Waals surface area contributed by atoms with Gasteiger partial charge in [0, 0.05) is 32.2 Å². The Morgan fingerprint density at radius 1 is 1.11 bits per heavy atom. The average Bonchev–Trinajstić information content (AvgIpc) is 2.47. The predicted octanol–water partition coefficient (Wildman–Crippen LogP) is 1.79. The van der Waals surface area contributed by atoms with Crippen LogP contribution in [0.4, 0.5) is 0 Å². The van der Waals surface area contributed by atoms with Gasteiger partial charge in [0.05, 0.1) is 4.90 Å². The van der Waals surface area contributed by atoms with Gasteiger partial charge in [-0.05, 0) is 25.5 Å². The van der Waals surface area contributed by atoms with E-state index in [1.807, 2.05) is 6.07 Å². The van der Waals surface area contributed by atoms with Crippen molar-refractivity contribution in [3.63, 3.8) is 0 Å². The highest BCUT2D eigenvalue weighted by Gasteiger charge is 2.29. The van der Waals surface area contributed by atoms with Gasteiger partial charge in [0.15, 0.2) is 0 Å². The van der Waals surface area contributed by atoms with Gasteiger partial charge in [-0.1, -0.05) is 25.1 Å². The van der Waals surface area contributed by atoms with E-state index in [9.17, 15) is 8.42 Å². The minimum atomic E-state index is -3.31. The topological polar surface area (TPSA) is 40.6 Å². The molecule has 1 atom stereocenters. The third-order valence-electron chi connectivity index (χ3n) is 3.87. The van der Waals surface area contributed by atoms with E-state index in [0.717, 1.165) is 19.5 Å². The number of piperazine rings is 1. The first-order chi connectivity index (χ1) is 9.05. The molecule has 106 valence electrons. The fourth-order valence-electron chi connectivity index (χ4n) is 2.38. The molecule has 1 aliphatic heterocycles. The minimum absolute atomic E-state index is 0.395. The summed E-state index contributed by atoms with van der Waals surface area (Å²) < 4.78 is 26.5. The molecule has 0 amide bonds. The number of sulfonamides is 1. The molecule has 0 N–H and O–H groups in total. The Hall–Kier alpha value is -0.910. The van der Waals surface area contributed by atoms with E-state index in [1.54, 1.807) is 28.6 Å². The summed E-state index contributed by atoms with van der Waals surface area (Å²) in [7, 11) is -3.31. The predicted molar refractivity (Wildman–Crippen MR) is 76.5 cm³/mol. The molecule has 1 heterocycles. The molecular weight excluding hydrogens is 260 g/mol. The molecule has 1 fully saturated rings. The Labute approximate surface area is 116 Å². The fraction of sp³-hybridized carbons (Fsp3) is 0.571. The maximum atomic E-state index is 12.4. The summed E-state index contributed by atoms with van der Waals surface area (Å²) in [6, 6.07) is 9.22. The van der Waals surface area contributed by atoms with Gasteiger partial charge in [-0.2, -0.15) is 4.31 Å². The van der Waals surface area contributed by atoms with E-state index in [2.05, 4.69) is 18.7 Å². The number of nitrogens with zero attached hydrogens (tertiary/aromatic N) is 2. The molecule has 0 saturated carbocycles. The average molecular weight is 282 g/mol. The van der Waals surface area contributed by atoms with Crippen molar-refractivity contribution in [1.29, 1.82) is 0 Å². The largest absolute Gasteiger partial charge is 0.298 e. The zero-order chi connectivity index (χ0) is 13.9. The van der Waals surface area contributed by atoms with Crippen LogP contribution in [-0.2, 0) is 10.0 Å². The highest BCUT2D eigenvalue weighted by atomic mass is 32.2. The van der Waals surface area contributed by atoms with E-state index >= 15 is 0 Å². The second kappa shape index (κ2) is 6.03. The molecule has 0 bridgehead atoms. The summed E-state index contributed by atoms with van der Waals surface area (Å²) in [5.41, 5.74) is 0. The summed E-state index contributed by atoms with van der Waals surface area (Å²) >= 11 is 0. The Bertz CT molecular complexity index is 493. The van der Waals surface area contributed by atoms with Crippen LogP contribution in [0.2, 0.25) is 0 Å². The van der Waals surface area contributed by atoms with Crippen LogP contribution in [0.25, 0.3) is 0 Å². The number of hydrogen-bond donors (Lipinski definition) is 0. The van der Waals surface area contributed by atoms with Crippen LogP contribution in [0.1, 0.15) is 20.3 Å². The minimum Gasteiger partial charge on any atom is -0.298 e. The molecule has 0 unspecified atom stereocenters. The summed E-state index contributed by atoms with van der Waals surface area (Å²) in [6.07, 6.45) is 1.10. The Morgan fingerprint density at radius 2 is 1.68 bits per heavy atom. The lowest BCUT2D eigenvalue weighted by Gasteiger charge is -2.37. The van der Waals surface area contributed by atoms with Crippen molar-refractivity contribution in [3.8, 4) is 0 Å². The van der Waals surface area contributed by atoms with Gasteiger partial charge in [-0.15, -0.1) is 0 Å². The van der Waals surface area contributed by atoms with Crippen LogP contribution >= 0.6 is 0 Å². The van der Waals surface area contributed by atoms with Gasteiger partial charge in [-0.3, -0.25) is 4.90 Å². The maximum Gasteiger partial charge on any atom is 0.243 e. The van der Waals surface area contributed by atoms with Crippen molar-refractivity contribution in [1.82, 2.24) is 9.21 Å². The molecule has 0 radical (unpaired) electrons. The first-order valence-electron chi connectivity index (χ1n) is 6.85. The SMILES string of the molecule is CC[C@@H](C)N1CCN(S(=O)(=O)c2ccccc2)CC1. The number of benzene rings is 1. The normalized spacial score (nSPS) is 20.3. The molecule has 1 saturated heterocycles. The fourth-order valence-corrected chi connectivity index (χ4v) is 3.83. The molecule has 1 aromatic carbocycles. The van der Waals surface area contributed by atoms with Crippen molar-refractivity contribution in [3.05, 3.63) is 30.3 Å². The quantitative estimate of drug-likeness (QED) is 0.845. The third kappa shape index (κ3) is 3.16. The van der Waals surface area contributed by atoms with Crippen LogP contribution < -0.4 is 0 Å². The lowest BCUT2D eigenvalue weighted by Crippen LogP contribution is -2.51. The zero-order valence-corrected chi connectivity index (χ0v) is 12.4. The summed E-state index contributed by atoms with van der Waals surface area (Å²) in [5, 5.41) is 0. The molecule has 19 heavy (non-hydrogen) atoms. The second-order valence-electron chi connectivity index (χ2n) is 5.01. The monoisotopic (exact) mass is 282 g/mol. The van der Waals surface area contributed by atoms with E-state index < -0.39 is 10.0 Å². The lowest BCUT2D eigenvalue weighted by atomic mass is 10.2. The molecule has 5 heteroatoms. The zero-order valence-electron chi connectivity index (χ0n) is 11.6.